The van der Waals surface area contributed by atoms with Crippen LogP contribution in [0.3, 0.4) is 0 Å². The lowest BCUT2D eigenvalue weighted by atomic mass is 10.00. The molecule has 0 radical (unpaired) electrons. The average molecular weight is 483 g/mol. The van der Waals surface area contributed by atoms with Crippen molar-refractivity contribution in [2.45, 2.75) is 39.7 Å². The summed E-state index contributed by atoms with van der Waals surface area (Å²) in [6.07, 6.45) is 4.37. The van der Waals surface area contributed by atoms with Gasteiger partial charge in [0.25, 0.3) is 0 Å². The van der Waals surface area contributed by atoms with Gasteiger partial charge in [-0.3, -0.25) is 4.79 Å². The second-order valence-corrected chi connectivity index (χ2v) is 9.01. The molecule has 184 valence electrons. The number of rotatable bonds is 7. The van der Waals surface area contributed by atoms with E-state index in [-0.39, 0.29) is 5.43 Å². The second-order valence-electron chi connectivity index (χ2n) is 9.01. The Morgan fingerprint density at radius 3 is 2.53 bits per heavy atom. The van der Waals surface area contributed by atoms with Gasteiger partial charge in [0, 0.05) is 12.5 Å². The Labute approximate surface area is 210 Å². The molecule has 0 saturated carbocycles. The van der Waals surface area contributed by atoms with Gasteiger partial charge in [0.15, 0.2) is 11.5 Å². The lowest BCUT2D eigenvalue weighted by molar-refractivity contribution is 0.297. The second kappa shape index (κ2) is 10.3. The molecule has 5 heteroatoms. The van der Waals surface area contributed by atoms with Gasteiger partial charge in [0.2, 0.25) is 5.43 Å². The summed E-state index contributed by atoms with van der Waals surface area (Å²) in [5.74, 6) is 2.64. The van der Waals surface area contributed by atoms with Crippen LogP contribution in [0.2, 0.25) is 0 Å². The van der Waals surface area contributed by atoms with Crippen LogP contribution in [-0.2, 0) is 13.0 Å². The lowest BCUT2D eigenvalue weighted by Gasteiger charge is -2.15. The highest BCUT2D eigenvalue weighted by atomic mass is 16.5. The zero-order chi connectivity index (χ0) is 25.1. The third kappa shape index (κ3) is 4.74. The number of aryl methyl sites for hydroxylation is 2. The van der Waals surface area contributed by atoms with Crippen molar-refractivity contribution in [3.8, 4) is 28.4 Å². The fraction of sp³-hybridized carbons (Fsp3) is 0.258. The molecule has 0 spiro atoms. The summed E-state index contributed by atoms with van der Waals surface area (Å²) in [7, 11) is 0. The first kappa shape index (κ1) is 23.7. The predicted octanol–water partition coefficient (Wildman–Crippen LogP) is 7.10. The molecule has 0 fully saturated rings. The van der Waals surface area contributed by atoms with Crippen molar-refractivity contribution < 1.29 is 18.6 Å². The summed E-state index contributed by atoms with van der Waals surface area (Å²) in [4.78, 5) is 13.7. The molecule has 2 heterocycles. The first-order chi connectivity index (χ1) is 17.6. The summed E-state index contributed by atoms with van der Waals surface area (Å²) in [5, 5.41) is 0.550. The van der Waals surface area contributed by atoms with Crippen molar-refractivity contribution in [3.63, 3.8) is 0 Å². The summed E-state index contributed by atoms with van der Waals surface area (Å²) >= 11 is 0. The van der Waals surface area contributed by atoms with Crippen LogP contribution < -0.4 is 19.6 Å². The normalized spacial score (nSPS) is 12.8. The SMILES string of the molecule is C=Cc1ccc(COc2cc3oc(C)c(-c4ccc5c(c4)OCCCO5)c(=O)c3cc2CCC)cc1. The van der Waals surface area contributed by atoms with Gasteiger partial charge in [-0.2, -0.15) is 0 Å². The minimum atomic E-state index is -0.0628. The largest absolute Gasteiger partial charge is 0.490 e. The Hall–Kier alpha value is -3.99. The molecule has 1 aliphatic rings. The molecule has 0 amide bonds. The number of hydrogen-bond donors (Lipinski definition) is 0. The van der Waals surface area contributed by atoms with Crippen molar-refractivity contribution in [3.05, 3.63) is 93.9 Å². The van der Waals surface area contributed by atoms with E-state index >= 15 is 0 Å². The van der Waals surface area contributed by atoms with Crippen molar-refractivity contribution in [1.82, 2.24) is 0 Å². The van der Waals surface area contributed by atoms with Crippen LogP contribution in [0.15, 0.2) is 70.4 Å². The zero-order valence-corrected chi connectivity index (χ0v) is 20.8. The van der Waals surface area contributed by atoms with Crippen molar-refractivity contribution in [2.24, 2.45) is 0 Å². The van der Waals surface area contributed by atoms with Crippen LogP contribution in [0.4, 0.5) is 0 Å². The van der Waals surface area contributed by atoms with E-state index in [1.165, 1.54) is 0 Å². The number of hydrogen-bond acceptors (Lipinski definition) is 5. The van der Waals surface area contributed by atoms with E-state index in [1.54, 1.807) is 0 Å². The third-order valence-electron chi connectivity index (χ3n) is 6.41. The van der Waals surface area contributed by atoms with Gasteiger partial charge < -0.3 is 18.6 Å². The van der Waals surface area contributed by atoms with E-state index in [4.69, 9.17) is 18.6 Å². The molecule has 5 rings (SSSR count). The minimum Gasteiger partial charge on any atom is -0.490 e. The van der Waals surface area contributed by atoms with E-state index in [9.17, 15) is 4.79 Å². The van der Waals surface area contributed by atoms with Crippen LogP contribution in [0.1, 0.15) is 42.2 Å². The number of benzene rings is 3. The minimum absolute atomic E-state index is 0.0628. The maximum Gasteiger partial charge on any atom is 0.200 e. The van der Waals surface area contributed by atoms with Crippen molar-refractivity contribution in [1.29, 1.82) is 0 Å². The van der Waals surface area contributed by atoms with E-state index in [2.05, 4.69) is 13.5 Å². The Morgan fingerprint density at radius 2 is 1.78 bits per heavy atom. The van der Waals surface area contributed by atoms with Gasteiger partial charge in [-0.1, -0.05) is 56.3 Å². The maximum absolute atomic E-state index is 13.7. The van der Waals surface area contributed by atoms with Gasteiger partial charge in [-0.15, -0.1) is 0 Å². The van der Waals surface area contributed by atoms with Crippen LogP contribution in [-0.4, -0.2) is 13.2 Å². The summed E-state index contributed by atoms with van der Waals surface area (Å²) in [5.41, 5.74) is 4.88. The van der Waals surface area contributed by atoms with Crippen LogP contribution >= 0.6 is 0 Å². The third-order valence-corrected chi connectivity index (χ3v) is 6.41. The number of ether oxygens (including phenoxy) is 3. The van der Waals surface area contributed by atoms with Gasteiger partial charge in [-0.25, -0.2) is 0 Å². The Kier molecular flexibility index (Phi) is 6.81. The first-order valence-electron chi connectivity index (χ1n) is 12.4. The number of fused-ring (bicyclic) bond motifs is 2. The predicted molar refractivity (Wildman–Crippen MR) is 143 cm³/mol. The highest BCUT2D eigenvalue weighted by Gasteiger charge is 2.19. The topological polar surface area (TPSA) is 57.9 Å². The Balaban J connectivity index is 1.53. The molecule has 0 unspecified atom stereocenters. The van der Waals surface area contributed by atoms with Gasteiger partial charge >= 0.3 is 0 Å². The van der Waals surface area contributed by atoms with Crippen molar-refractivity contribution in [2.75, 3.05) is 13.2 Å². The molecule has 3 aromatic carbocycles. The molecule has 0 bridgehead atoms. The molecular formula is C31H30O5. The maximum atomic E-state index is 13.7. The van der Waals surface area contributed by atoms with Gasteiger partial charge in [0.05, 0.1) is 24.2 Å². The molecule has 0 aliphatic carbocycles. The standard InChI is InChI=1S/C31H30O5/c1-4-7-23-16-25-28(18-27(23)35-19-22-10-8-21(5-2)9-11-22)36-20(3)30(31(25)32)24-12-13-26-29(17-24)34-15-6-14-33-26/h5,8-13,16-18H,2,4,6-7,14-15,19H2,1,3H3. The summed E-state index contributed by atoms with van der Waals surface area (Å²) < 4.78 is 24.0. The van der Waals surface area contributed by atoms with Gasteiger partial charge in [0.1, 0.15) is 23.7 Å². The fourth-order valence-corrected chi connectivity index (χ4v) is 4.54. The highest BCUT2D eigenvalue weighted by Crippen LogP contribution is 2.36. The van der Waals surface area contributed by atoms with Crippen LogP contribution in [0.5, 0.6) is 17.2 Å². The van der Waals surface area contributed by atoms with Crippen LogP contribution in [0.25, 0.3) is 28.2 Å². The average Bonchev–Trinajstić information content (AvgIpc) is 3.13. The van der Waals surface area contributed by atoms with E-state index < -0.39 is 0 Å². The van der Waals surface area contributed by atoms with Crippen molar-refractivity contribution >= 4 is 17.0 Å². The van der Waals surface area contributed by atoms with Gasteiger partial charge in [-0.05, 0) is 53.8 Å². The Bertz CT molecular complexity index is 1460. The molecule has 5 nitrogen and oxygen atoms in total. The highest BCUT2D eigenvalue weighted by molar-refractivity contribution is 5.85. The zero-order valence-electron chi connectivity index (χ0n) is 20.8. The first-order valence-corrected chi connectivity index (χ1v) is 12.4. The molecule has 1 aliphatic heterocycles. The molecule has 1 aromatic heterocycles. The van der Waals surface area contributed by atoms with E-state index in [0.29, 0.717) is 53.6 Å². The smallest absolute Gasteiger partial charge is 0.200 e. The summed E-state index contributed by atoms with van der Waals surface area (Å²) in [6, 6.07) is 17.5. The molecule has 0 atom stereocenters. The Morgan fingerprint density at radius 1 is 1.00 bits per heavy atom. The van der Waals surface area contributed by atoms with E-state index in [1.807, 2.05) is 67.6 Å². The summed E-state index contributed by atoms with van der Waals surface area (Å²) in [6.45, 7) is 9.37. The molecule has 36 heavy (non-hydrogen) atoms. The molecular weight excluding hydrogens is 452 g/mol. The van der Waals surface area contributed by atoms with Crippen LogP contribution in [0, 0.1) is 6.92 Å². The lowest BCUT2D eigenvalue weighted by Crippen LogP contribution is -2.09. The molecule has 4 aromatic rings. The molecule has 0 saturated heterocycles. The van der Waals surface area contributed by atoms with E-state index in [0.717, 1.165) is 47.3 Å². The molecule has 0 N–H and O–H groups in total. The monoisotopic (exact) mass is 482 g/mol. The fourth-order valence-electron chi connectivity index (χ4n) is 4.54. The quantitative estimate of drug-likeness (QED) is 0.281.